The van der Waals surface area contributed by atoms with Gasteiger partial charge in [-0.15, -0.1) is 24.0 Å². The predicted molar refractivity (Wildman–Crippen MR) is 125 cm³/mol. The van der Waals surface area contributed by atoms with Crippen LogP contribution < -0.4 is 10.6 Å². The van der Waals surface area contributed by atoms with Crippen molar-refractivity contribution in [2.75, 3.05) is 20.1 Å². The minimum atomic E-state index is -0.242. The fraction of sp³-hybridized carbons (Fsp3) is 0.364. The Morgan fingerprint density at radius 3 is 1.97 bits per heavy atom. The summed E-state index contributed by atoms with van der Waals surface area (Å²) in [7, 11) is 1.71. The van der Waals surface area contributed by atoms with Crippen LogP contribution in [0.4, 0.5) is 4.39 Å². The Bertz CT molecular complexity index is 803. The molecule has 1 aliphatic heterocycles. The van der Waals surface area contributed by atoms with Gasteiger partial charge in [0.2, 0.25) is 0 Å². The molecule has 0 aromatic heterocycles. The van der Waals surface area contributed by atoms with Crippen molar-refractivity contribution in [3.63, 3.8) is 0 Å². The third-order valence-electron chi connectivity index (χ3n) is 4.90. The van der Waals surface area contributed by atoms with Crippen molar-refractivity contribution in [1.29, 1.82) is 0 Å². The molecular formula is C22H28FIN4O. The Kier molecular flexibility index (Phi) is 9.37. The molecule has 1 aliphatic rings. The molecule has 0 bridgehead atoms. The van der Waals surface area contributed by atoms with Gasteiger partial charge >= 0.3 is 0 Å². The maximum atomic E-state index is 13.0. The van der Waals surface area contributed by atoms with Gasteiger partial charge in [-0.05, 0) is 54.7 Å². The maximum Gasteiger partial charge on any atom is 0.253 e. The number of carbonyl (C=O) groups excluding carboxylic acids is 1. The summed E-state index contributed by atoms with van der Waals surface area (Å²) in [5.41, 5.74) is 2.79. The van der Waals surface area contributed by atoms with Gasteiger partial charge in [-0.25, -0.2) is 4.39 Å². The average molecular weight is 510 g/mol. The van der Waals surface area contributed by atoms with E-state index in [-0.39, 0.29) is 35.7 Å². The number of carbonyl (C=O) groups is 1. The largest absolute Gasteiger partial charge is 0.352 e. The van der Waals surface area contributed by atoms with Crippen LogP contribution in [0.2, 0.25) is 0 Å². The molecule has 2 N–H and O–H groups in total. The molecule has 29 heavy (non-hydrogen) atoms. The second-order valence-corrected chi connectivity index (χ2v) is 6.96. The van der Waals surface area contributed by atoms with Crippen molar-refractivity contribution in [3.8, 4) is 0 Å². The number of piperidine rings is 1. The maximum absolute atomic E-state index is 13.0. The molecule has 2 aromatic rings. The van der Waals surface area contributed by atoms with Crippen LogP contribution in [0.5, 0.6) is 0 Å². The third-order valence-corrected chi connectivity index (χ3v) is 4.90. The number of hydrogen-bond acceptors (Lipinski definition) is 2. The van der Waals surface area contributed by atoms with E-state index < -0.39 is 0 Å². The van der Waals surface area contributed by atoms with Crippen molar-refractivity contribution in [2.24, 2.45) is 4.99 Å². The van der Waals surface area contributed by atoms with Gasteiger partial charge in [0.15, 0.2) is 5.96 Å². The zero-order chi connectivity index (χ0) is 19.8. The number of aliphatic imine (C=N–C) groups is 1. The van der Waals surface area contributed by atoms with Crippen LogP contribution in [0.1, 0.15) is 40.7 Å². The quantitative estimate of drug-likeness (QED) is 0.364. The molecule has 7 heteroatoms. The number of likely N-dealkylation sites (tertiary alicyclic amines) is 1. The van der Waals surface area contributed by atoms with Crippen LogP contribution in [0.3, 0.4) is 0 Å². The molecule has 1 fully saturated rings. The summed E-state index contributed by atoms with van der Waals surface area (Å²) in [6.45, 7) is 2.88. The van der Waals surface area contributed by atoms with Crippen molar-refractivity contribution in [1.82, 2.24) is 15.5 Å². The van der Waals surface area contributed by atoms with Gasteiger partial charge in [-0.3, -0.25) is 9.79 Å². The van der Waals surface area contributed by atoms with Crippen LogP contribution >= 0.6 is 24.0 Å². The highest BCUT2D eigenvalue weighted by Gasteiger charge is 2.17. The van der Waals surface area contributed by atoms with Gasteiger partial charge in [0.1, 0.15) is 5.82 Å². The third kappa shape index (κ3) is 6.99. The van der Waals surface area contributed by atoms with E-state index in [0.29, 0.717) is 19.0 Å². The summed E-state index contributed by atoms with van der Waals surface area (Å²) in [6.07, 6.45) is 3.40. The van der Waals surface area contributed by atoms with E-state index in [1.807, 2.05) is 29.2 Å². The highest BCUT2D eigenvalue weighted by Crippen LogP contribution is 2.14. The second-order valence-electron chi connectivity index (χ2n) is 6.96. The number of benzene rings is 2. The van der Waals surface area contributed by atoms with E-state index >= 15 is 0 Å². The lowest BCUT2D eigenvalue weighted by Crippen LogP contribution is -2.36. The lowest BCUT2D eigenvalue weighted by atomic mass is 10.1. The van der Waals surface area contributed by atoms with Gasteiger partial charge < -0.3 is 15.5 Å². The van der Waals surface area contributed by atoms with Crippen molar-refractivity contribution in [3.05, 3.63) is 71.0 Å². The molecule has 0 unspecified atom stereocenters. The monoisotopic (exact) mass is 510 g/mol. The fourth-order valence-corrected chi connectivity index (χ4v) is 3.24. The van der Waals surface area contributed by atoms with Gasteiger partial charge in [-0.1, -0.05) is 24.3 Å². The highest BCUT2D eigenvalue weighted by atomic mass is 127. The van der Waals surface area contributed by atoms with E-state index in [2.05, 4.69) is 15.6 Å². The van der Waals surface area contributed by atoms with Crippen LogP contribution in [0.15, 0.2) is 53.5 Å². The van der Waals surface area contributed by atoms with E-state index in [1.165, 1.54) is 18.6 Å². The lowest BCUT2D eigenvalue weighted by molar-refractivity contribution is 0.0724. The zero-order valence-electron chi connectivity index (χ0n) is 16.7. The Morgan fingerprint density at radius 2 is 1.45 bits per heavy atom. The highest BCUT2D eigenvalue weighted by molar-refractivity contribution is 14.0. The number of rotatable bonds is 5. The summed E-state index contributed by atoms with van der Waals surface area (Å²) < 4.78 is 13.0. The molecular weight excluding hydrogens is 482 g/mol. The van der Waals surface area contributed by atoms with E-state index in [1.54, 1.807) is 19.2 Å². The lowest BCUT2D eigenvalue weighted by Gasteiger charge is -2.26. The van der Waals surface area contributed by atoms with Crippen molar-refractivity contribution < 1.29 is 9.18 Å². The minimum absolute atomic E-state index is 0. The van der Waals surface area contributed by atoms with Crippen LogP contribution in [0.25, 0.3) is 0 Å². The molecule has 0 radical (unpaired) electrons. The molecule has 5 nitrogen and oxygen atoms in total. The summed E-state index contributed by atoms with van der Waals surface area (Å²) >= 11 is 0. The molecule has 156 valence electrons. The molecule has 1 saturated heterocycles. The van der Waals surface area contributed by atoms with Gasteiger partial charge in [0, 0.05) is 38.8 Å². The summed E-state index contributed by atoms with van der Waals surface area (Å²) in [6, 6.07) is 14.1. The Morgan fingerprint density at radius 1 is 0.931 bits per heavy atom. The molecule has 2 aromatic carbocycles. The minimum Gasteiger partial charge on any atom is -0.352 e. The van der Waals surface area contributed by atoms with Crippen LogP contribution in [-0.2, 0) is 13.1 Å². The molecule has 0 atom stereocenters. The average Bonchev–Trinajstić information content (AvgIpc) is 2.75. The molecule has 0 spiro atoms. The SMILES string of the molecule is CN=C(NCc1ccc(F)cc1)NCc1ccc(C(=O)N2CCCCC2)cc1.I. The molecule has 0 aliphatic carbocycles. The van der Waals surface area contributed by atoms with E-state index in [0.717, 1.165) is 42.6 Å². The first-order valence-corrected chi connectivity index (χ1v) is 9.73. The Labute approximate surface area is 188 Å². The topological polar surface area (TPSA) is 56.7 Å². The van der Waals surface area contributed by atoms with Gasteiger partial charge in [0.25, 0.3) is 5.91 Å². The number of hydrogen-bond donors (Lipinski definition) is 2. The number of amides is 1. The van der Waals surface area contributed by atoms with Crippen molar-refractivity contribution in [2.45, 2.75) is 32.4 Å². The smallest absolute Gasteiger partial charge is 0.253 e. The first kappa shape index (κ1) is 23.1. The number of halogens is 2. The van der Waals surface area contributed by atoms with Crippen LogP contribution in [0, 0.1) is 5.82 Å². The molecule has 3 rings (SSSR count). The molecule has 1 amide bonds. The van der Waals surface area contributed by atoms with Gasteiger partial charge in [-0.2, -0.15) is 0 Å². The van der Waals surface area contributed by atoms with E-state index in [4.69, 9.17) is 0 Å². The normalized spacial score (nSPS) is 14.1. The first-order chi connectivity index (χ1) is 13.7. The second kappa shape index (κ2) is 11.7. The number of nitrogens with zero attached hydrogens (tertiary/aromatic N) is 2. The predicted octanol–water partition coefficient (Wildman–Crippen LogP) is 3.94. The van der Waals surface area contributed by atoms with Crippen molar-refractivity contribution >= 4 is 35.8 Å². The van der Waals surface area contributed by atoms with Gasteiger partial charge in [0.05, 0.1) is 0 Å². The Hall–Kier alpha value is -2.16. The van der Waals surface area contributed by atoms with E-state index in [9.17, 15) is 9.18 Å². The molecule has 0 saturated carbocycles. The first-order valence-electron chi connectivity index (χ1n) is 9.73. The standard InChI is InChI=1S/C22H27FN4O.HI/c1-24-22(26-16-18-7-11-20(23)12-8-18)25-15-17-5-9-19(10-6-17)21(28)27-13-3-2-4-14-27;/h5-12H,2-4,13-16H2,1H3,(H2,24,25,26);1H. The summed E-state index contributed by atoms with van der Waals surface area (Å²) in [4.78, 5) is 18.7. The fourth-order valence-electron chi connectivity index (χ4n) is 3.24. The summed E-state index contributed by atoms with van der Waals surface area (Å²) in [5.74, 6) is 0.544. The number of guanidine groups is 1. The molecule has 1 heterocycles. The van der Waals surface area contributed by atoms with Crippen LogP contribution in [-0.4, -0.2) is 36.9 Å². The summed E-state index contributed by atoms with van der Waals surface area (Å²) in [5, 5.41) is 6.45. The Balaban J connectivity index is 0.00000300. The number of nitrogens with one attached hydrogen (secondary N) is 2. The zero-order valence-corrected chi connectivity index (χ0v) is 19.0.